The maximum atomic E-state index is 12.6. The van der Waals surface area contributed by atoms with Crippen molar-refractivity contribution in [2.24, 2.45) is 4.99 Å². The molecule has 0 aliphatic carbocycles. The SMILES string of the molecule is Cc1ccc(N2C(=O)C(=Cc3cccc(Cl)c3)N=C2[Se])cc1. The second-order valence-corrected chi connectivity index (χ2v) is 6.16. The van der Waals surface area contributed by atoms with E-state index in [1.165, 1.54) is 0 Å². The molecule has 0 fully saturated rings. The zero-order chi connectivity index (χ0) is 15.7. The molecule has 1 aliphatic rings. The van der Waals surface area contributed by atoms with E-state index in [-0.39, 0.29) is 5.91 Å². The second-order valence-electron chi connectivity index (χ2n) is 4.96. The van der Waals surface area contributed by atoms with Crippen LogP contribution in [0.4, 0.5) is 5.69 Å². The minimum absolute atomic E-state index is 0.155. The van der Waals surface area contributed by atoms with Crippen LogP contribution in [0.15, 0.2) is 59.2 Å². The van der Waals surface area contributed by atoms with Crippen LogP contribution < -0.4 is 4.90 Å². The summed E-state index contributed by atoms with van der Waals surface area (Å²) in [6.45, 7) is 2.01. The molecule has 0 aromatic heterocycles. The monoisotopic (exact) mass is 375 g/mol. The zero-order valence-corrected chi connectivity index (χ0v) is 14.3. The van der Waals surface area contributed by atoms with E-state index < -0.39 is 0 Å². The van der Waals surface area contributed by atoms with Crippen molar-refractivity contribution in [3.63, 3.8) is 0 Å². The minimum atomic E-state index is -0.155. The predicted octanol–water partition coefficient (Wildman–Crippen LogP) is 3.56. The van der Waals surface area contributed by atoms with Gasteiger partial charge in [0.1, 0.15) is 0 Å². The number of carbonyl (C=O) groups excluding carboxylic acids is 1. The number of nitrogens with zero attached hydrogens (tertiary/aromatic N) is 2. The Balaban J connectivity index is 1.94. The van der Waals surface area contributed by atoms with Crippen molar-refractivity contribution in [1.82, 2.24) is 0 Å². The fourth-order valence-electron chi connectivity index (χ4n) is 2.17. The van der Waals surface area contributed by atoms with Gasteiger partial charge in [-0.25, -0.2) is 0 Å². The fraction of sp³-hybridized carbons (Fsp3) is 0.0588. The molecule has 0 N–H and O–H groups in total. The Labute approximate surface area is 142 Å². The predicted molar refractivity (Wildman–Crippen MR) is 91.3 cm³/mol. The molecule has 0 bridgehead atoms. The van der Waals surface area contributed by atoms with Crippen molar-refractivity contribution in [3.05, 3.63) is 70.4 Å². The molecule has 1 radical (unpaired) electrons. The van der Waals surface area contributed by atoms with Crippen LogP contribution in [-0.2, 0) is 4.79 Å². The molecule has 3 rings (SSSR count). The van der Waals surface area contributed by atoms with Gasteiger partial charge in [-0.2, -0.15) is 0 Å². The Bertz CT molecular complexity index is 797. The first-order valence-electron chi connectivity index (χ1n) is 6.69. The van der Waals surface area contributed by atoms with Gasteiger partial charge in [-0.1, -0.05) is 0 Å². The average Bonchev–Trinajstić information content (AvgIpc) is 2.75. The normalized spacial score (nSPS) is 16.3. The third-order valence-electron chi connectivity index (χ3n) is 3.27. The number of aryl methyl sites for hydroxylation is 1. The van der Waals surface area contributed by atoms with Gasteiger partial charge < -0.3 is 0 Å². The van der Waals surface area contributed by atoms with Crippen molar-refractivity contribution < 1.29 is 4.79 Å². The molecule has 1 aliphatic heterocycles. The molecule has 1 heterocycles. The molecule has 2 aromatic rings. The number of amides is 1. The van der Waals surface area contributed by atoms with E-state index in [1.807, 2.05) is 43.3 Å². The summed E-state index contributed by atoms with van der Waals surface area (Å²) < 4.78 is 0.544. The summed E-state index contributed by atoms with van der Waals surface area (Å²) in [6.07, 6.45) is 1.74. The first-order chi connectivity index (χ1) is 10.5. The van der Waals surface area contributed by atoms with Crippen molar-refractivity contribution in [1.29, 1.82) is 0 Å². The van der Waals surface area contributed by atoms with Gasteiger partial charge in [0.15, 0.2) is 0 Å². The zero-order valence-electron chi connectivity index (χ0n) is 11.8. The number of rotatable bonds is 2. The Morgan fingerprint density at radius 3 is 2.59 bits per heavy atom. The topological polar surface area (TPSA) is 32.7 Å². The van der Waals surface area contributed by atoms with Crippen LogP contribution >= 0.6 is 11.6 Å². The summed E-state index contributed by atoms with van der Waals surface area (Å²) in [5, 5.41) is 0.627. The van der Waals surface area contributed by atoms with Gasteiger partial charge in [-0.3, -0.25) is 0 Å². The van der Waals surface area contributed by atoms with Crippen molar-refractivity contribution >= 4 is 50.0 Å². The van der Waals surface area contributed by atoms with E-state index in [1.54, 1.807) is 23.1 Å². The van der Waals surface area contributed by atoms with Crippen LogP contribution in [0, 0.1) is 6.92 Å². The van der Waals surface area contributed by atoms with Crippen LogP contribution in [0.5, 0.6) is 0 Å². The number of aliphatic imine (C=N–C) groups is 1. The number of benzene rings is 2. The third kappa shape index (κ3) is 3.00. The van der Waals surface area contributed by atoms with Crippen molar-refractivity contribution in [3.8, 4) is 0 Å². The Morgan fingerprint density at radius 1 is 1.18 bits per heavy atom. The van der Waals surface area contributed by atoms with Crippen molar-refractivity contribution in [2.45, 2.75) is 6.92 Å². The van der Waals surface area contributed by atoms with Gasteiger partial charge in [0.25, 0.3) is 0 Å². The summed E-state index contributed by atoms with van der Waals surface area (Å²) in [6, 6.07) is 15.1. The molecule has 0 unspecified atom stereocenters. The Kier molecular flexibility index (Phi) is 4.16. The molecule has 0 saturated carbocycles. The average molecular weight is 375 g/mol. The Hall–Kier alpha value is -1.87. The molecule has 0 saturated heterocycles. The number of hydrogen-bond donors (Lipinski definition) is 0. The molecule has 3 nitrogen and oxygen atoms in total. The summed E-state index contributed by atoms with van der Waals surface area (Å²) in [5.74, 6) is -0.155. The number of halogens is 1. The molecule has 0 atom stereocenters. The summed E-state index contributed by atoms with van der Waals surface area (Å²) in [4.78, 5) is 18.5. The standard InChI is InChI=1S/C17H12ClN2OSe/c1-11-5-7-14(8-6-11)20-16(21)15(19-17(20)22)10-12-3-2-4-13(18)9-12/h2-10H,1H3. The van der Waals surface area contributed by atoms with Gasteiger partial charge in [0.05, 0.1) is 0 Å². The van der Waals surface area contributed by atoms with Gasteiger partial charge >= 0.3 is 142 Å². The summed E-state index contributed by atoms with van der Waals surface area (Å²) >= 11 is 8.82. The van der Waals surface area contributed by atoms with Gasteiger partial charge in [-0.15, -0.1) is 0 Å². The van der Waals surface area contributed by atoms with Crippen LogP contribution in [0.3, 0.4) is 0 Å². The van der Waals surface area contributed by atoms with E-state index in [4.69, 9.17) is 11.6 Å². The van der Waals surface area contributed by atoms with E-state index in [0.29, 0.717) is 15.5 Å². The number of anilines is 1. The van der Waals surface area contributed by atoms with Gasteiger partial charge in [-0.05, 0) is 0 Å². The quantitative estimate of drug-likeness (QED) is 0.584. The maximum absolute atomic E-state index is 12.6. The van der Waals surface area contributed by atoms with Crippen LogP contribution in [0.25, 0.3) is 6.08 Å². The Morgan fingerprint density at radius 2 is 1.91 bits per heavy atom. The van der Waals surface area contributed by atoms with E-state index in [0.717, 1.165) is 16.8 Å². The molecular formula is C17H12ClN2OSe. The fourth-order valence-corrected chi connectivity index (χ4v) is 2.97. The number of amidine groups is 1. The third-order valence-corrected chi connectivity index (χ3v) is 4.08. The molecule has 5 heteroatoms. The molecule has 2 aromatic carbocycles. The molecule has 0 spiro atoms. The van der Waals surface area contributed by atoms with Crippen LogP contribution in [0.1, 0.15) is 11.1 Å². The molecular weight excluding hydrogens is 363 g/mol. The first-order valence-corrected chi connectivity index (χ1v) is 7.92. The van der Waals surface area contributed by atoms with Crippen molar-refractivity contribution in [2.75, 3.05) is 4.90 Å². The van der Waals surface area contributed by atoms with Crippen LogP contribution in [0.2, 0.25) is 5.02 Å². The number of hydrogen-bond acceptors (Lipinski definition) is 2. The number of carbonyl (C=O) groups is 1. The summed E-state index contributed by atoms with van der Waals surface area (Å²) in [5.41, 5.74) is 3.17. The van der Waals surface area contributed by atoms with Crippen LogP contribution in [-0.4, -0.2) is 26.7 Å². The molecule has 22 heavy (non-hydrogen) atoms. The van der Waals surface area contributed by atoms with E-state index >= 15 is 0 Å². The van der Waals surface area contributed by atoms with E-state index in [2.05, 4.69) is 21.0 Å². The second kappa shape index (κ2) is 6.09. The van der Waals surface area contributed by atoms with E-state index in [9.17, 15) is 4.79 Å². The van der Waals surface area contributed by atoms with Gasteiger partial charge in [0.2, 0.25) is 0 Å². The summed E-state index contributed by atoms with van der Waals surface area (Å²) in [7, 11) is 0. The molecule has 1 amide bonds. The van der Waals surface area contributed by atoms with Gasteiger partial charge in [0, 0.05) is 0 Å². The first kappa shape index (κ1) is 15.0. The molecule has 109 valence electrons.